The molecule has 0 aliphatic rings. The molecule has 6 heteroatoms. The van der Waals surface area contributed by atoms with Gasteiger partial charge in [-0.15, -0.1) is 0 Å². The van der Waals surface area contributed by atoms with Gasteiger partial charge in [0.25, 0.3) is 0 Å². The molecule has 0 aromatic heterocycles. The second-order valence-electron chi connectivity index (χ2n) is 3.59. The van der Waals surface area contributed by atoms with Crippen molar-refractivity contribution in [1.29, 1.82) is 0 Å². The number of nitrogens with one attached hydrogen (secondary N) is 2. The fourth-order valence-corrected chi connectivity index (χ4v) is 1.41. The number of halogens is 1. The topological polar surface area (TPSA) is 59.6 Å². The number of hydrogen-bond donors (Lipinski definition) is 2. The Hall–Kier alpha value is -1.30. The highest BCUT2D eigenvalue weighted by Crippen LogP contribution is 2.08. The number of benzene rings is 1. The largest absolute Gasteiger partial charge is 0.354 e. The normalized spacial score (nSPS) is 10.4. The number of rotatable bonds is 6. The van der Waals surface area contributed by atoms with E-state index in [9.17, 15) is 4.79 Å². The van der Waals surface area contributed by atoms with Crippen LogP contribution < -0.4 is 10.6 Å². The van der Waals surface area contributed by atoms with E-state index in [0.717, 1.165) is 5.56 Å². The molecule has 1 aromatic carbocycles. The highest BCUT2D eigenvalue weighted by Gasteiger charge is 2.07. The predicted octanol–water partition coefficient (Wildman–Crippen LogP) is 1.76. The molecule has 0 atom stereocenters. The molecular formula is C12H17ClN2O3. The van der Waals surface area contributed by atoms with Crippen molar-refractivity contribution in [2.75, 3.05) is 20.8 Å². The van der Waals surface area contributed by atoms with Crippen molar-refractivity contribution < 1.29 is 14.3 Å². The van der Waals surface area contributed by atoms with Gasteiger partial charge < -0.3 is 20.1 Å². The van der Waals surface area contributed by atoms with E-state index in [1.54, 1.807) is 12.1 Å². The van der Waals surface area contributed by atoms with E-state index in [4.69, 9.17) is 21.1 Å². The lowest BCUT2D eigenvalue weighted by atomic mass is 10.2. The van der Waals surface area contributed by atoms with Gasteiger partial charge in [-0.3, -0.25) is 0 Å². The average Bonchev–Trinajstić information content (AvgIpc) is 2.39. The molecule has 0 spiro atoms. The summed E-state index contributed by atoms with van der Waals surface area (Å²) in [5.41, 5.74) is 0.976. The van der Waals surface area contributed by atoms with E-state index >= 15 is 0 Å². The third-order valence-corrected chi connectivity index (χ3v) is 2.57. The summed E-state index contributed by atoms with van der Waals surface area (Å²) in [6.07, 6.45) is -0.439. The molecule has 1 aromatic rings. The molecule has 2 amide bonds. The highest BCUT2D eigenvalue weighted by atomic mass is 35.5. The molecule has 0 radical (unpaired) electrons. The first-order chi connectivity index (χ1) is 8.65. The van der Waals surface area contributed by atoms with Crippen LogP contribution in [0.15, 0.2) is 24.3 Å². The van der Waals surface area contributed by atoms with E-state index in [1.165, 1.54) is 14.2 Å². The highest BCUT2D eigenvalue weighted by molar-refractivity contribution is 6.30. The van der Waals surface area contributed by atoms with Crippen molar-refractivity contribution >= 4 is 17.6 Å². The lowest BCUT2D eigenvalue weighted by Crippen LogP contribution is -2.40. The summed E-state index contributed by atoms with van der Waals surface area (Å²) >= 11 is 5.76. The Balaban J connectivity index is 2.26. The summed E-state index contributed by atoms with van der Waals surface area (Å²) < 4.78 is 9.89. The van der Waals surface area contributed by atoms with Crippen molar-refractivity contribution in [2.45, 2.75) is 12.8 Å². The molecule has 0 aliphatic carbocycles. The Morgan fingerprint density at radius 3 is 2.39 bits per heavy atom. The first-order valence-corrected chi connectivity index (χ1v) is 5.85. The molecule has 0 saturated heterocycles. The van der Waals surface area contributed by atoms with Crippen molar-refractivity contribution in [1.82, 2.24) is 10.6 Å². The molecule has 5 nitrogen and oxygen atoms in total. The van der Waals surface area contributed by atoms with Gasteiger partial charge in [-0.05, 0) is 17.7 Å². The van der Waals surface area contributed by atoms with Gasteiger partial charge in [-0.2, -0.15) is 0 Å². The Bertz CT molecular complexity index is 366. The smallest absolute Gasteiger partial charge is 0.315 e. The molecule has 0 unspecified atom stereocenters. The van der Waals surface area contributed by atoms with Gasteiger partial charge in [0.05, 0.1) is 6.54 Å². The first kappa shape index (κ1) is 14.8. The van der Waals surface area contributed by atoms with E-state index in [-0.39, 0.29) is 6.03 Å². The Morgan fingerprint density at radius 2 is 1.83 bits per heavy atom. The number of amides is 2. The van der Waals surface area contributed by atoms with Gasteiger partial charge in [-0.25, -0.2) is 4.79 Å². The number of carbonyl (C=O) groups excluding carboxylic acids is 1. The minimum absolute atomic E-state index is 0.274. The summed E-state index contributed by atoms with van der Waals surface area (Å²) in [7, 11) is 3.03. The number of ether oxygens (including phenoxy) is 2. The molecule has 0 bridgehead atoms. The van der Waals surface area contributed by atoms with E-state index in [0.29, 0.717) is 18.1 Å². The number of methoxy groups -OCH3 is 2. The molecule has 0 fully saturated rings. The number of hydrogen-bond acceptors (Lipinski definition) is 3. The van der Waals surface area contributed by atoms with Gasteiger partial charge in [0.15, 0.2) is 6.29 Å². The van der Waals surface area contributed by atoms with Crippen molar-refractivity contribution in [3.63, 3.8) is 0 Å². The summed E-state index contributed by atoms with van der Waals surface area (Å²) in [5, 5.41) is 6.03. The standard InChI is InChI=1S/C12H17ClN2O3/c1-17-11(18-2)8-15-12(16)14-7-9-3-5-10(13)6-4-9/h3-6,11H,7-8H2,1-2H3,(H2,14,15,16). The summed E-state index contributed by atoms with van der Waals surface area (Å²) in [6, 6.07) is 7.00. The third-order valence-electron chi connectivity index (χ3n) is 2.32. The lowest BCUT2D eigenvalue weighted by molar-refractivity contribution is -0.0971. The zero-order chi connectivity index (χ0) is 13.4. The van der Waals surface area contributed by atoms with Crippen LogP contribution in [0.4, 0.5) is 4.79 Å². The van der Waals surface area contributed by atoms with Gasteiger partial charge in [0, 0.05) is 25.8 Å². The molecule has 0 heterocycles. The van der Waals surface area contributed by atoms with Crippen LogP contribution in [0.25, 0.3) is 0 Å². The van der Waals surface area contributed by atoms with Crippen molar-refractivity contribution in [2.24, 2.45) is 0 Å². The van der Waals surface area contributed by atoms with Crippen LogP contribution in [0.2, 0.25) is 5.02 Å². The van der Waals surface area contributed by atoms with E-state index in [2.05, 4.69) is 10.6 Å². The minimum Gasteiger partial charge on any atom is -0.354 e. The average molecular weight is 273 g/mol. The van der Waals surface area contributed by atoms with Crippen LogP contribution in [-0.4, -0.2) is 33.1 Å². The second-order valence-corrected chi connectivity index (χ2v) is 4.03. The molecule has 100 valence electrons. The van der Waals surface area contributed by atoms with Crippen molar-refractivity contribution in [3.8, 4) is 0 Å². The molecule has 2 N–H and O–H groups in total. The summed E-state index contributed by atoms with van der Waals surface area (Å²) in [4.78, 5) is 11.5. The van der Waals surface area contributed by atoms with Gasteiger partial charge in [-0.1, -0.05) is 23.7 Å². The SMILES string of the molecule is COC(CNC(=O)NCc1ccc(Cl)cc1)OC. The van der Waals surface area contributed by atoms with Gasteiger partial charge >= 0.3 is 6.03 Å². The van der Waals surface area contributed by atoms with E-state index in [1.807, 2.05) is 12.1 Å². The zero-order valence-corrected chi connectivity index (χ0v) is 11.2. The molecular weight excluding hydrogens is 256 g/mol. The molecule has 0 aliphatic heterocycles. The van der Waals surface area contributed by atoms with Crippen molar-refractivity contribution in [3.05, 3.63) is 34.9 Å². The Labute approximate surface area is 111 Å². The maximum Gasteiger partial charge on any atom is 0.315 e. The zero-order valence-electron chi connectivity index (χ0n) is 10.4. The Kier molecular flexibility index (Phi) is 6.49. The van der Waals surface area contributed by atoms with Crippen LogP contribution in [0, 0.1) is 0 Å². The Morgan fingerprint density at radius 1 is 1.22 bits per heavy atom. The van der Waals surface area contributed by atoms with Crippen LogP contribution in [0.5, 0.6) is 0 Å². The van der Waals surface area contributed by atoms with Crippen LogP contribution in [0.1, 0.15) is 5.56 Å². The van der Waals surface area contributed by atoms with Crippen LogP contribution >= 0.6 is 11.6 Å². The molecule has 0 saturated carbocycles. The third kappa shape index (κ3) is 5.35. The molecule has 18 heavy (non-hydrogen) atoms. The van der Waals surface area contributed by atoms with Gasteiger partial charge in [0.1, 0.15) is 0 Å². The predicted molar refractivity (Wildman–Crippen MR) is 69.5 cm³/mol. The fourth-order valence-electron chi connectivity index (χ4n) is 1.29. The van der Waals surface area contributed by atoms with Crippen LogP contribution in [-0.2, 0) is 16.0 Å². The minimum atomic E-state index is -0.439. The maximum atomic E-state index is 11.5. The molecule has 1 rings (SSSR count). The number of urea groups is 1. The summed E-state index contributed by atoms with van der Waals surface area (Å²) in [5.74, 6) is 0. The monoisotopic (exact) mass is 272 g/mol. The fraction of sp³-hybridized carbons (Fsp3) is 0.417. The summed E-state index contributed by atoms with van der Waals surface area (Å²) in [6.45, 7) is 0.729. The first-order valence-electron chi connectivity index (χ1n) is 5.47. The van der Waals surface area contributed by atoms with E-state index < -0.39 is 6.29 Å². The van der Waals surface area contributed by atoms with Gasteiger partial charge in [0.2, 0.25) is 0 Å². The second kappa shape index (κ2) is 7.92. The quantitative estimate of drug-likeness (QED) is 0.776. The lowest BCUT2D eigenvalue weighted by Gasteiger charge is -2.14. The maximum absolute atomic E-state index is 11.5. The van der Waals surface area contributed by atoms with Crippen LogP contribution in [0.3, 0.4) is 0 Å². The number of carbonyl (C=O) groups is 1.